The minimum absolute atomic E-state index is 0.170. The molecule has 8 nitrogen and oxygen atoms in total. The molecule has 0 bridgehead atoms. The number of anilines is 3. The first-order chi connectivity index (χ1) is 14.5. The lowest BCUT2D eigenvalue weighted by atomic mass is 10.1. The first kappa shape index (κ1) is 20.6. The van der Waals surface area contributed by atoms with Crippen LogP contribution in [-0.4, -0.2) is 9.97 Å². The van der Waals surface area contributed by atoms with Crippen LogP contribution in [0.15, 0.2) is 50.8 Å². The van der Waals surface area contributed by atoms with Crippen LogP contribution in [0.3, 0.4) is 0 Å². The van der Waals surface area contributed by atoms with Crippen LogP contribution in [0.4, 0.5) is 28.8 Å². The van der Waals surface area contributed by atoms with E-state index in [1.54, 1.807) is 24.3 Å². The molecule has 0 radical (unpaired) electrons. The molecular formula is C20H9BrN8S. The van der Waals surface area contributed by atoms with Crippen LogP contribution < -0.4 is 11.1 Å². The van der Waals surface area contributed by atoms with Crippen molar-refractivity contribution < 1.29 is 0 Å². The molecule has 2 aromatic carbocycles. The molecule has 0 atom stereocenters. The van der Waals surface area contributed by atoms with Crippen molar-refractivity contribution in [1.29, 1.82) is 10.5 Å². The SMILES string of the molecule is [C-]#[N+]c1ccc(Nc2nc(N)c(Br)c(Sc3c(C#N)cc(C#N)cc3[N+]#[C-])n2)cc1. The fourth-order valence-electron chi connectivity index (χ4n) is 2.36. The number of nitrogen functional groups attached to an aromatic ring is 1. The number of rotatable bonds is 4. The van der Waals surface area contributed by atoms with Gasteiger partial charge in [0.05, 0.1) is 35.3 Å². The van der Waals surface area contributed by atoms with Gasteiger partial charge in [-0.3, -0.25) is 0 Å². The second-order valence-electron chi connectivity index (χ2n) is 5.64. The molecular weight excluding hydrogens is 464 g/mol. The van der Waals surface area contributed by atoms with Crippen molar-refractivity contribution in [3.63, 3.8) is 0 Å². The summed E-state index contributed by atoms with van der Waals surface area (Å²) in [6.45, 7) is 14.4. The zero-order valence-corrected chi connectivity index (χ0v) is 17.4. The Morgan fingerprint density at radius 3 is 2.40 bits per heavy atom. The van der Waals surface area contributed by atoms with E-state index in [9.17, 15) is 5.26 Å². The van der Waals surface area contributed by atoms with Crippen molar-refractivity contribution in [3.05, 3.63) is 74.8 Å². The minimum atomic E-state index is 0.170. The van der Waals surface area contributed by atoms with Gasteiger partial charge in [0.25, 0.3) is 0 Å². The zero-order chi connectivity index (χ0) is 21.7. The van der Waals surface area contributed by atoms with Crippen molar-refractivity contribution in [1.82, 2.24) is 9.97 Å². The molecule has 0 spiro atoms. The predicted molar refractivity (Wildman–Crippen MR) is 116 cm³/mol. The first-order valence-corrected chi connectivity index (χ1v) is 9.71. The maximum Gasteiger partial charge on any atom is 0.230 e. The highest BCUT2D eigenvalue weighted by molar-refractivity contribution is 9.10. The Morgan fingerprint density at radius 1 is 1.07 bits per heavy atom. The summed E-state index contributed by atoms with van der Waals surface area (Å²) in [5.41, 5.74) is 7.76. The molecule has 10 heteroatoms. The summed E-state index contributed by atoms with van der Waals surface area (Å²) in [6, 6.07) is 13.6. The summed E-state index contributed by atoms with van der Waals surface area (Å²) in [4.78, 5) is 15.8. The molecule has 0 aliphatic rings. The normalized spacial score (nSPS) is 9.63. The fourth-order valence-corrected chi connectivity index (χ4v) is 3.73. The molecule has 0 fully saturated rings. The molecule has 0 aliphatic carbocycles. The van der Waals surface area contributed by atoms with Gasteiger partial charge in [0.1, 0.15) is 10.8 Å². The van der Waals surface area contributed by atoms with E-state index in [2.05, 4.69) is 40.9 Å². The number of nitrogens with one attached hydrogen (secondary N) is 1. The summed E-state index contributed by atoms with van der Waals surface area (Å²) < 4.78 is 0.422. The number of halogens is 1. The molecule has 142 valence electrons. The van der Waals surface area contributed by atoms with E-state index in [4.69, 9.17) is 24.1 Å². The number of nitrogens with two attached hydrogens (primary N) is 1. The molecule has 0 amide bonds. The van der Waals surface area contributed by atoms with E-state index in [0.29, 0.717) is 25.8 Å². The average Bonchev–Trinajstić information content (AvgIpc) is 2.77. The van der Waals surface area contributed by atoms with E-state index in [-0.39, 0.29) is 28.6 Å². The van der Waals surface area contributed by atoms with Gasteiger partial charge >= 0.3 is 0 Å². The topological polar surface area (TPSA) is 120 Å². The Kier molecular flexibility index (Phi) is 6.15. The number of nitrogens with zero attached hydrogens (tertiary/aromatic N) is 6. The largest absolute Gasteiger partial charge is 0.383 e. The van der Waals surface area contributed by atoms with E-state index in [1.165, 1.54) is 12.1 Å². The second-order valence-corrected chi connectivity index (χ2v) is 7.44. The number of hydrogen-bond acceptors (Lipinski definition) is 7. The number of nitriles is 2. The Morgan fingerprint density at radius 2 is 1.80 bits per heavy atom. The standard InChI is InChI=1S/C20H9BrN8S/c1-25-13-3-5-14(6-4-13)27-20-28-18(24)16(21)19(29-20)30-17-12(10-23)7-11(9-22)8-15(17)26-2/h3-8H,(H3,24,27,28,29). The summed E-state index contributed by atoms with van der Waals surface area (Å²) in [5, 5.41) is 22.0. The fraction of sp³-hybridized carbons (Fsp3) is 0. The Balaban J connectivity index is 2.02. The third kappa shape index (κ3) is 4.32. The number of aromatic nitrogens is 2. The van der Waals surface area contributed by atoms with Crippen LogP contribution in [0.1, 0.15) is 11.1 Å². The maximum atomic E-state index is 9.47. The van der Waals surface area contributed by atoms with Gasteiger partial charge in [-0.2, -0.15) is 15.5 Å². The molecule has 3 aromatic rings. The Labute approximate surface area is 184 Å². The van der Waals surface area contributed by atoms with Crippen molar-refractivity contribution in [2.45, 2.75) is 9.92 Å². The highest BCUT2D eigenvalue weighted by Crippen LogP contribution is 2.42. The highest BCUT2D eigenvalue weighted by atomic mass is 79.9. The van der Waals surface area contributed by atoms with Gasteiger partial charge in [-0.15, -0.1) is 0 Å². The molecule has 3 N–H and O–H groups in total. The molecule has 30 heavy (non-hydrogen) atoms. The monoisotopic (exact) mass is 472 g/mol. The summed E-state index contributed by atoms with van der Waals surface area (Å²) in [7, 11) is 0. The summed E-state index contributed by atoms with van der Waals surface area (Å²) in [6.07, 6.45) is 0. The third-order valence-electron chi connectivity index (χ3n) is 3.74. The molecule has 1 heterocycles. The van der Waals surface area contributed by atoms with Crippen LogP contribution >= 0.6 is 27.7 Å². The molecule has 1 aromatic heterocycles. The lowest BCUT2D eigenvalue weighted by Crippen LogP contribution is -2.03. The van der Waals surface area contributed by atoms with Crippen molar-refractivity contribution in [2.24, 2.45) is 0 Å². The van der Waals surface area contributed by atoms with Crippen molar-refractivity contribution >= 4 is 56.5 Å². The third-order valence-corrected chi connectivity index (χ3v) is 5.90. The Bertz CT molecular complexity index is 1270. The van der Waals surface area contributed by atoms with Gasteiger partial charge in [-0.05, 0) is 40.2 Å². The van der Waals surface area contributed by atoms with Crippen LogP contribution in [-0.2, 0) is 0 Å². The van der Waals surface area contributed by atoms with Gasteiger partial charge < -0.3 is 11.1 Å². The van der Waals surface area contributed by atoms with Gasteiger partial charge in [0.2, 0.25) is 11.6 Å². The van der Waals surface area contributed by atoms with Crippen LogP contribution in [0, 0.1) is 35.8 Å². The summed E-state index contributed by atoms with van der Waals surface area (Å²) >= 11 is 4.43. The molecule has 0 aliphatic heterocycles. The van der Waals surface area contributed by atoms with Gasteiger partial charge in [-0.1, -0.05) is 23.9 Å². The lowest BCUT2D eigenvalue weighted by molar-refractivity contribution is 1.04. The zero-order valence-electron chi connectivity index (χ0n) is 15.0. The lowest BCUT2D eigenvalue weighted by Gasteiger charge is -2.12. The second kappa shape index (κ2) is 8.94. The summed E-state index contributed by atoms with van der Waals surface area (Å²) in [5.74, 6) is 0.384. The van der Waals surface area contributed by atoms with E-state index >= 15 is 0 Å². The number of hydrogen-bond donors (Lipinski definition) is 2. The van der Waals surface area contributed by atoms with E-state index in [0.717, 1.165) is 11.8 Å². The van der Waals surface area contributed by atoms with Gasteiger partial charge in [0.15, 0.2) is 5.69 Å². The molecule has 3 rings (SSSR count). The maximum absolute atomic E-state index is 9.47. The minimum Gasteiger partial charge on any atom is -0.383 e. The smallest absolute Gasteiger partial charge is 0.230 e. The van der Waals surface area contributed by atoms with Gasteiger partial charge in [0, 0.05) is 16.1 Å². The first-order valence-electron chi connectivity index (χ1n) is 8.10. The van der Waals surface area contributed by atoms with Gasteiger partial charge in [-0.25, -0.2) is 14.7 Å². The molecule has 0 saturated heterocycles. The predicted octanol–water partition coefficient (Wildman–Crippen LogP) is 5.56. The van der Waals surface area contributed by atoms with E-state index in [1.807, 2.05) is 12.1 Å². The quantitative estimate of drug-likeness (QED) is 0.376. The van der Waals surface area contributed by atoms with Crippen LogP contribution in [0.2, 0.25) is 0 Å². The van der Waals surface area contributed by atoms with Crippen LogP contribution in [0.5, 0.6) is 0 Å². The average molecular weight is 473 g/mol. The molecule has 0 unspecified atom stereocenters. The Hall–Kier alpha value is -4.09. The van der Waals surface area contributed by atoms with Crippen LogP contribution in [0.25, 0.3) is 9.69 Å². The van der Waals surface area contributed by atoms with Crippen molar-refractivity contribution in [2.75, 3.05) is 11.1 Å². The van der Waals surface area contributed by atoms with Crippen molar-refractivity contribution in [3.8, 4) is 12.1 Å². The number of benzene rings is 2. The highest BCUT2D eigenvalue weighted by Gasteiger charge is 2.18. The van der Waals surface area contributed by atoms with E-state index < -0.39 is 0 Å². The molecule has 0 saturated carbocycles.